The van der Waals surface area contributed by atoms with Gasteiger partial charge in [-0.15, -0.1) is 0 Å². The molecular formula is C41H27N3O. The Morgan fingerprint density at radius 2 is 1.09 bits per heavy atom. The van der Waals surface area contributed by atoms with E-state index in [-0.39, 0.29) is 12.0 Å². The Balaban J connectivity index is 1.34. The number of hydrogen-bond donors (Lipinski definition) is 0. The molecule has 0 saturated carbocycles. The lowest BCUT2D eigenvalue weighted by Crippen LogP contribution is -2.16. The number of nitrogens with zero attached hydrogens (tertiary/aromatic N) is 3. The van der Waals surface area contributed by atoms with Crippen molar-refractivity contribution in [3.8, 4) is 51.0 Å². The van der Waals surface area contributed by atoms with Crippen LogP contribution in [0.4, 0.5) is 0 Å². The van der Waals surface area contributed by atoms with Crippen LogP contribution in [-0.2, 0) is 0 Å². The van der Waals surface area contributed by atoms with Crippen LogP contribution in [0, 0.1) is 0 Å². The van der Waals surface area contributed by atoms with E-state index in [0.29, 0.717) is 17.5 Å². The van der Waals surface area contributed by atoms with Crippen LogP contribution >= 0.6 is 0 Å². The van der Waals surface area contributed by atoms with E-state index in [1.165, 1.54) is 10.8 Å². The first kappa shape index (κ1) is 25.6. The Bertz CT molecular complexity index is 2310. The zero-order valence-electron chi connectivity index (χ0n) is 24.3. The van der Waals surface area contributed by atoms with Crippen molar-refractivity contribution >= 4 is 21.5 Å². The third-order valence-electron chi connectivity index (χ3n) is 8.85. The number of fused-ring (bicyclic) bond motifs is 6. The molecule has 2 heterocycles. The average Bonchev–Trinajstić information content (AvgIpc) is 3.50. The van der Waals surface area contributed by atoms with Crippen LogP contribution in [0.5, 0.6) is 5.75 Å². The van der Waals surface area contributed by atoms with Gasteiger partial charge < -0.3 is 4.74 Å². The molecule has 2 atom stereocenters. The molecule has 6 aromatic carbocycles. The maximum absolute atomic E-state index is 6.56. The normalized spacial score (nSPS) is 16.4. The molecule has 4 heteroatoms. The maximum Gasteiger partial charge on any atom is 0.164 e. The van der Waals surface area contributed by atoms with Crippen molar-refractivity contribution in [1.82, 2.24) is 15.0 Å². The maximum atomic E-state index is 6.56. The number of aromatic nitrogens is 3. The Kier molecular flexibility index (Phi) is 5.91. The van der Waals surface area contributed by atoms with Crippen molar-refractivity contribution in [2.75, 3.05) is 0 Å². The molecule has 2 aliphatic rings. The molecule has 1 aliphatic carbocycles. The highest BCUT2D eigenvalue weighted by Crippen LogP contribution is 2.48. The molecule has 0 radical (unpaired) electrons. The van der Waals surface area contributed by atoms with Crippen LogP contribution in [0.15, 0.2) is 152 Å². The van der Waals surface area contributed by atoms with Gasteiger partial charge in [0, 0.05) is 28.2 Å². The Labute approximate surface area is 261 Å². The van der Waals surface area contributed by atoms with Crippen molar-refractivity contribution in [3.63, 3.8) is 0 Å². The lowest BCUT2D eigenvalue weighted by molar-refractivity contribution is 0.269. The van der Waals surface area contributed by atoms with Gasteiger partial charge in [-0.3, -0.25) is 0 Å². The first-order valence-electron chi connectivity index (χ1n) is 15.3. The fourth-order valence-electron chi connectivity index (χ4n) is 6.73. The third-order valence-corrected chi connectivity index (χ3v) is 8.85. The molecule has 0 bridgehead atoms. The van der Waals surface area contributed by atoms with Gasteiger partial charge in [-0.1, -0.05) is 127 Å². The molecule has 0 N–H and O–H groups in total. The van der Waals surface area contributed by atoms with Gasteiger partial charge in [0.25, 0.3) is 0 Å². The van der Waals surface area contributed by atoms with E-state index in [1.54, 1.807) is 0 Å². The molecule has 7 aromatic rings. The predicted octanol–water partition coefficient (Wildman–Crippen LogP) is 9.82. The van der Waals surface area contributed by atoms with Crippen LogP contribution in [0.3, 0.4) is 0 Å². The van der Waals surface area contributed by atoms with Crippen LogP contribution in [0.2, 0.25) is 0 Å². The summed E-state index contributed by atoms with van der Waals surface area (Å²) in [7, 11) is 0. The van der Waals surface area contributed by atoms with Gasteiger partial charge in [0.1, 0.15) is 11.9 Å². The highest BCUT2D eigenvalue weighted by Gasteiger charge is 2.36. The molecule has 2 unspecified atom stereocenters. The second-order valence-electron chi connectivity index (χ2n) is 11.5. The van der Waals surface area contributed by atoms with Crippen molar-refractivity contribution in [1.29, 1.82) is 0 Å². The van der Waals surface area contributed by atoms with Crippen LogP contribution < -0.4 is 4.74 Å². The fourth-order valence-corrected chi connectivity index (χ4v) is 6.73. The Hall–Kier alpha value is -5.87. The monoisotopic (exact) mass is 577 g/mol. The van der Waals surface area contributed by atoms with Gasteiger partial charge in [-0.2, -0.15) is 0 Å². The van der Waals surface area contributed by atoms with E-state index in [9.17, 15) is 0 Å². The highest BCUT2D eigenvalue weighted by atomic mass is 16.5. The lowest BCUT2D eigenvalue weighted by Gasteiger charge is -2.17. The lowest BCUT2D eigenvalue weighted by atomic mass is 9.87. The summed E-state index contributed by atoms with van der Waals surface area (Å²) in [5, 5.41) is 4.65. The van der Waals surface area contributed by atoms with E-state index in [0.717, 1.165) is 49.9 Å². The molecule has 0 amide bonds. The Morgan fingerprint density at radius 1 is 0.467 bits per heavy atom. The minimum Gasteiger partial charge on any atom is -0.485 e. The molecule has 1 aromatic heterocycles. The number of ether oxygens (including phenoxy) is 1. The number of hydrogen-bond acceptors (Lipinski definition) is 4. The Morgan fingerprint density at radius 3 is 1.89 bits per heavy atom. The number of rotatable bonds is 4. The van der Waals surface area contributed by atoms with E-state index in [4.69, 9.17) is 19.7 Å². The summed E-state index contributed by atoms with van der Waals surface area (Å²) in [4.78, 5) is 15.6. The summed E-state index contributed by atoms with van der Waals surface area (Å²) in [5.41, 5.74) is 6.18. The topological polar surface area (TPSA) is 47.9 Å². The zero-order chi connectivity index (χ0) is 29.7. The van der Waals surface area contributed by atoms with Crippen molar-refractivity contribution < 1.29 is 4.74 Å². The van der Waals surface area contributed by atoms with E-state index in [1.807, 2.05) is 24.3 Å². The van der Waals surface area contributed by atoms with Crippen LogP contribution in [0.25, 0.3) is 66.8 Å². The molecule has 4 nitrogen and oxygen atoms in total. The summed E-state index contributed by atoms with van der Waals surface area (Å²) < 4.78 is 6.56. The second kappa shape index (κ2) is 10.4. The molecule has 1 aliphatic heterocycles. The minimum atomic E-state index is -0.0610. The molecule has 45 heavy (non-hydrogen) atoms. The smallest absolute Gasteiger partial charge is 0.164 e. The predicted molar refractivity (Wildman–Crippen MR) is 182 cm³/mol. The fraction of sp³-hybridized carbons (Fsp3) is 0.0488. The summed E-state index contributed by atoms with van der Waals surface area (Å²) >= 11 is 0. The quantitative estimate of drug-likeness (QED) is 0.195. The number of allylic oxidation sites excluding steroid dienone is 2. The summed E-state index contributed by atoms with van der Waals surface area (Å²) in [5.74, 6) is 2.87. The van der Waals surface area contributed by atoms with E-state index in [2.05, 4.69) is 127 Å². The second-order valence-corrected chi connectivity index (χ2v) is 11.5. The molecule has 0 saturated heterocycles. The summed E-state index contributed by atoms with van der Waals surface area (Å²) in [6.45, 7) is 0. The first-order chi connectivity index (χ1) is 22.3. The molecular weight excluding hydrogens is 550 g/mol. The third kappa shape index (κ3) is 4.34. The van der Waals surface area contributed by atoms with Crippen molar-refractivity contribution in [3.05, 3.63) is 157 Å². The molecule has 0 fully saturated rings. The SMILES string of the molecule is C1=CC2Oc3cc(-c4ccccc4)cc(-c4nc(-c5ccccc5)nc(-c5cc6ccccc6c6ccccc56)n4)c3C2C=C1. The highest BCUT2D eigenvalue weighted by molar-refractivity contribution is 6.13. The zero-order valence-corrected chi connectivity index (χ0v) is 24.3. The van der Waals surface area contributed by atoms with Gasteiger partial charge in [-0.05, 0) is 56.9 Å². The van der Waals surface area contributed by atoms with Gasteiger partial charge in [0.2, 0.25) is 0 Å². The van der Waals surface area contributed by atoms with Gasteiger partial charge in [-0.25, -0.2) is 15.0 Å². The molecule has 212 valence electrons. The summed E-state index contributed by atoms with van der Waals surface area (Å²) in [6, 6.07) is 44.2. The largest absolute Gasteiger partial charge is 0.485 e. The van der Waals surface area contributed by atoms with E-state index < -0.39 is 0 Å². The number of benzene rings is 6. The average molecular weight is 578 g/mol. The standard InChI is InChI=1S/C41H27N3O/c1-3-13-26(14-4-1)29-24-35(38-33-21-11-12-22-36(33)45-37(38)25-29)41-43-39(27-15-5-2-6-16-27)42-40(44-41)34-23-28-17-7-8-18-30(28)31-19-9-10-20-32(31)34/h1-25,33,36H. The van der Waals surface area contributed by atoms with Gasteiger partial charge in [0.15, 0.2) is 17.5 Å². The van der Waals surface area contributed by atoms with Crippen molar-refractivity contribution in [2.24, 2.45) is 0 Å². The van der Waals surface area contributed by atoms with Crippen LogP contribution in [0.1, 0.15) is 11.5 Å². The van der Waals surface area contributed by atoms with E-state index >= 15 is 0 Å². The summed E-state index contributed by atoms with van der Waals surface area (Å²) in [6.07, 6.45) is 8.45. The van der Waals surface area contributed by atoms with Gasteiger partial charge in [0.05, 0.1) is 0 Å². The minimum absolute atomic E-state index is 0.0610. The van der Waals surface area contributed by atoms with Crippen LogP contribution in [-0.4, -0.2) is 21.1 Å². The molecule has 0 spiro atoms. The van der Waals surface area contributed by atoms with Crippen molar-refractivity contribution in [2.45, 2.75) is 12.0 Å². The molecule has 9 rings (SSSR count). The first-order valence-corrected chi connectivity index (χ1v) is 15.3. The van der Waals surface area contributed by atoms with Gasteiger partial charge >= 0.3 is 0 Å².